The number of benzene rings is 1. The Morgan fingerprint density at radius 2 is 1.61 bits per heavy atom. The number of ether oxygens (including phenoxy) is 1. The van der Waals surface area contributed by atoms with Crippen LogP contribution in [0, 0.1) is 0 Å². The Morgan fingerprint density at radius 3 is 2.32 bits per heavy atom. The number of rotatable bonds is 9. The van der Waals surface area contributed by atoms with Crippen molar-refractivity contribution in [3.8, 4) is 5.75 Å². The van der Waals surface area contributed by atoms with Gasteiger partial charge >= 0.3 is 0 Å². The van der Waals surface area contributed by atoms with Gasteiger partial charge in [0.1, 0.15) is 18.5 Å². The van der Waals surface area contributed by atoms with E-state index in [-0.39, 0.29) is 6.61 Å². The first-order valence-corrected chi connectivity index (χ1v) is 10.9. The van der Waals surface area contributed by atoms with Gasteiger partial charge in [0.25, 0.3) is 0 Å². The van der Waals surface area contributed by atoms with Crippen LogP contribution in [0.25, 0.3) is 0 Å². The van der Waals surface area contributed by atoms with Gasteiger partial charge in [-0.2, -0.15) is 0 Å². The number of aliphatic hydroxyl groups is 2. The lowest BCUT2D eigenvalue weighted by Crippen LogP contribution is -2.46. The van der Waals surface area contributed by atoms with E-state index in [2.05, 4.69) is 26.8 Å². The fourth-order valence-electron chi connectivity index (χ4n) is 4.17. The second kappa shape index (κ2) is 11.7. The lowest BCUT2D eigenvalue weighted by Gasteiger charge is -2.34. The first kappa shape index (κ1) is 21.5. The second-order valence-corrected chi connectivity index (χ2v) is 8.17. The number of piperazine rings is 1. The molecule has 2 heterocycles. The van der Waals surface area contributed by atoms with Gasteiger partial charge in [-0.1, -0.05) is 25.0 Å². The van der Waals surface area contributed by atoms with Crippen LogP contribution < -0.4 is 4.74 Å². The summed E-state index contributed by atoms with van der Waals surface area (Å²) in [7, 11) is 0. The van der Waals surface area contributed by atoms with Crippen LogP contribution in [0.3, 0.4) is 0 Å². The predicted molar refractivity (Wildman–Crippen MR) is 112 cm³/mol. The predicted octanol–water partition coefficient (Wildman–Crippen LogP) is 1.41. The molecule has 0 radical (unpaired) electrons. The fourth-order valence-corrected chi connectivity index (χ4v) is 4.17. The highest BCUT2D eigenvalue weighted by Crippen LogP contribution is 2.17. The summed E-state index contributed by atoms with van der Waals surface area (Å²) in [4.78, 5) is 7.12. The van der Waals surface area contributed by atoms with Crippen molar-refractivity contribution in [1.82, 2.24) is 14.7 Å². The third-order valence-electron chi connectivity index (χ3n) is 5.80. The molecule has 0 amide bonds. The fraction of sp³-hybridized carbons (Fsp3) is 0.727. The number of β-amino-alcohol motifs (C(OH)–C–C–N with tert-alkyl or cyclic N) is 2. The number of hydrogen-bond acceptors (Lipinski definition) is 6. The molecule has 6 heteroatoms. The molecule has 1 aromatic carbocycles. The smallest absolute Gasteiger partial charge is 0.119 e. The van der Waals surface area contributed by atoms with E-state index in [0.717, 1.165) is 58.1 Å². The molecule has 0 unspecified atom stereocenters. The summed E-state index contributed by atoms with van der Waals surface area (Å²) >= 11 is 0. The van der Waals surface area contributed by atoms with E-state index >= 15 is 0 Å². The standard InChI is InChI=1S/C22H37N3O3/c26-15-14-23-10-12-25(13-11-23)17-20-6-5-7-22(16-20)28-19-21(27)18-24-8-3-1-2-4-9-24/h5-7,16,21,26-27H,1-4,8-15,17-19H2/t21-/m0/s1. The molecule has 28 heavy (non-hydrogen) atoms. The average molecular weight is 392 g/mol. The van der Waals surface area contributed by atoms with Crippen LogP contribution in [0.15, 0.2) is 24.3 Å². The van der Waals surface area contributed by atoms with Crippen LogP contribution in [0.2, 0.25) is 0 Å². The Balaban J connectivity index is 1.40. The van der Waals surface area contributed by atoms with Crippen molar-refractivity contribution in [3.05, 3.63) is 29.8 Å². The molecule has 0 spiro atoms. The minimum atomic E-state index is -0.443. The van der Waals surface area contributed by atoms with Gasteiger partial charge in [0.05, 0.1) is 6.61 Å². The van der Waals surface area contributed by atoms with E-state index in [1.54, 1.807) is 0 Å². The zero-order valence-corrected chi connectivity index (χ0v) is 17.1. The lowest BCUT2D eigenvalue weighted by atomic mass is 10.2. The number of likely N-dealkylation sites (tertiary alicyclic amines) is 1. The Kier molecular flexibility index (Phi) is 9.02. The minimum Gasteiger partial charge on any atom is -0.491 e. The third kappa shape index (κ3) is 7.33. The van der Waals surface area contributed by atoms with E-state index in [4.69, 9.17) is 9.84 Å². The average Bonchev–Trinajstić information content (AvgIpc) is 2.97. The molecule has 6 nitrogen and oxygen atoms in total. The van der Waals surface area contributed by atoms with Gasteiger partial charge in [0.15, 0.2) is 0 Å². The maximum atomic E-state index is 10.4. The molecule has 3 rings (SSSR count). The summed E-state index contributed by atoms with van der Waals surface area (Å²) in [5.41, 5.74) is 1.25. The van der Waals surface area contributed by atoms with Crippen molar-refractivity contribution in [2.75, 3.05) is 65.6 Å². The molecular weight excluding hydrogens is 354 g/mol. The number of nitrogens with zero attached hydrogens (tertiary/aromatic N) is 3. The van der Waals surface area contributed by atoms with Crippen molar-refractivity contribution < 1.29 is 14.9 Å². The Bertz CT molecular complexity index is 556. The maximum absolute atomic E-state index is 10.4. The zero-order valence-electron chi connectivity index (χ0n) is 17.1. The topological polar surface area (TPSA) is 59.4 Å². The van der Waals surface area contributed by atoms with Gasteiger partial charge in [0.2, 0.25) is 0 Å². The normalized spacial score (nSPS) is 21.4. The molecular formula is C22H37N3O3. The monoisotopic (exact) mass is 391 g/mol. The van der Waals surface area contributed by atoms with E-state index in [9.17, 15) is 5.11 Å². The molecule has 0 aliphatic carbocycles. The van der Waals surface area contributed by atoms with Gasteiger partial charge in [0, 0.05) is 45.8 Å². The number of aliphatic hydroxyl groups excluding tert-OH is 2. The maximum Gasteiger partial charge on any atom is 0.119 e. The molecule has 0 saturated carbocycles. The van der Waals surface area contributed by atoms with Crippen molar-refractivity contribution in [2.24, 2.45) is 0 Å². The molecule has 2 aliphatic rings. The molecule has 1 atom stereocenters. The van der Waals surface area contributed by atoms with Crippen molar-refractivity contribution in [2.45, 2.75) is 38.3 Å². The summed E-state index contributed by atoms with van der Waals surface area (Å²) < 4.78 is 5.89. The van der Waals surface area contributed by atoms with Crippen molar-refractivity contribution in [3.63, 3.8) is 0 Å². The van der Waals surface area contributed by atoms with Crippen LogP contribution in [0.1, 0.15) is 31.2 Å². The Morgan fingerprint density at radius 1 is 0.893 bits per heavy atom. The summed E-state index contributed by atoms with van der Waals surface area (Å²) in [6.07, 6.45) is 4.66. The highest BCUT2D eigenvalue weighted by Gasteiger charge is 2.17. The zero-order chi connectivity index (χ0) is 19.6. The van der Waals surface area contributed by atoms with Crippen LogP contribution >= 0.6 is 0 Å². The molecule has 0 bridgehead atoms. The first-order chi connectivity index (χ1) is 13.7. The third-order valence-corrected chi connectivity index (χ3v) is 5.80. The van der Waals surface area contributed by atoms with Crippen molar-refractivity contribution >= 4 is 0 Å². The molecule has 0 aromatic heterocycles. The highest BCUT2D eigenvalue weighted by molar-refractivity contribution is 5.28. The van der Waals surface area contributed by atoms with Crippen LogP contribution in [0.4, 0.5) is 0 Å². The lowest BCUT2D eigenvalue weighted by molar-refractivity contribution is 0.0692. The Labute approximate surface area is 169 Å². The van der Waals surface area contributed by atoms with Crippen LogP contribution in [-0.2, 0) is 6.54 Å². The minimum absolute atomic E-state index is 0.239. The van der Waals surface area contributed by atoms with Crippen LogP contribution in [-0.4, -0.2) is 96.6 Å². The van der Waals surface area contributed by atoms with E-state index in [1.165, 1.54) is 31.2 Å². The van der Waals surface area contributed by atoms with Crippen molar-refractivity contribution in [1.29, 1.82) is 0 Å². The molecule has 2 saturated heterocycles. The van der Waals surface area contributed by atoms with Gasteiger partial charge < -0.3 is 19.8 Å². The number of hydrogen-bond donors (Lipinski definition) is 2. The SMILES string of the molecule is OCCN1CCN(Cc2cccc(OC[C@@H](O)CN3CCCCCC3)c2)CC1. The summed E-state index contributed by atoms with van der Waals surface area (Å²) in [5, 5.41) is 19.4. The second-order valence-electron chi connectivity index (χ2n) is 8.17. The molecule has 2 aliphatic heterocycles. The Hall–Kier alpha value is -1.18. The van der Waals surface area contributed by atoms with Gasteiger partial charge in [-0.25, -0.2) is 0 Å². The first-order valence-electron chi connectivity index (χ1n) is 10.9. The van der Waals surface area contributed by atoms with Gasteiger partial charge in [-0.15, -0.1) is 0 Å². The largest absolute Gasteiger partial charge is 0.491 e. The highest BCUT2D eigenvalue weighted by atomic mass is 16.5. The van der Waals surface area contributed by atoms with Crippen LogP contribution in [0.5, 0.6) is 5.75 Å². The molecule has 1 aromatic rings. The molecule has 2 N–H and O–H groups in total. The van der Waals surface area contributed by atoms with Gasteiger partial charge in [-0.05, 0) is 43.6 Å². The van der Waals surface area contributed by atoms with E-state index < -0.39 is 6.10 Å². The summed E-state index contributed by atoms with van der Waals surface area (Å²) in [5.74, 6) is 0.839. The molecule has 158 valence electrons. The van der Waals surface area contributed by atoms with E-state index in [1.807, 2.05) is 12.1 Å². The summed E-state index contributed by atoms with van der Waals surface area (Å²) in [6, 6.07) is 8.24. The summed E-state index contributed by atoms with van der Waals surface area (Å²) in [6.45, 7) is 9.26. The van der Waals surface area contributed by atoms with Gasteiger partial charge in [-0.3, -0.25) is 9.80 Å². The molecule has 2 fully saturated rings. The quantitative estimate of drug-likeness (QED) is 0.664. The van der Waals surface area contributed by atoms with E-state index in [0.29, 0.717) is 13.2 Å².